The summed E-state index contributed by atoms with van der Waals surface area (Å²) in [6.07, 6.45) is 1.92. The summed E-state index contributed by atoms with van der Waals surface area (Å²) < 4.78 is 6.42. The Morgan fingerprint density at radius 3 is 2.89 bits per heavy atom. The lowest BCUT2D eigenvalue weighted by Gasteiger charge is -2.32. The maximum Gasteiger partial charge on any atom is 0.225 e. The molecule has 2 heterocycles. The molecule has 0 bridgehead atoms. The SMILES string of the molecule is COc1ccc2nc(N3CCC[C@@H](C(=O)N[C@H](C)c4ccccc4)C3)sc2c1. The van der Waals surface area contributed by atoms with Gasteiger partial charge in [0, 0.05) is 13.1 Å². The van der Waals surface area contributed by atoms with Crippen molar-refractivity contribution in [2.24, 2.45) is 5.92 Å². The third-order valence-corrected chi connectivity index (χ3v) is 6.38. The molecule has 0 unspecified atom stereocenters. The number of ether oxygens (including phenoxy) is 1. The quantitative estimate of drug-likeness (QED) is 0.696. The van der Waals surface area contributed by atoms with Crippen LogP contribution in [0.25, 0.3) is 10.2 Å². The summed E-state index contributed by atoms with van der Waals surface area (Å²) in [5.41, 5.74) is 2.11. The van der Waals surface area contributed by atoms with Gasteiger partial charge in [-0.15, -0.1) is 0 Å². The van der Waals surface area contributed by atoms with Crippen molar-refractivity contribution in [1.29, 1.82) is 0 Å². The van der Waals surface area contributed by atoms with Gasteiger partial charge in [-0.2, -0.15) is 0 Å². The van der Waals surface area contributed by atoms with Gasteiger partial charge in [0.05, 0.1) is 29.3 Å². The summed E-state index contributed by atoms with van der Waals surface area (Å²) >= 11 is 1.66. The second-order valence-electron chi connectivity index (χ2n) is 7.26. The molecule has 1 N–H and O–H groups in total. The van der Waals surface area contributed by atoms with Crippen LogP contribution in [0.1, 0.15) is 31.4 Å². The van der Waals surface area contributed by atoms with Crippen molar-refractivity contribution in [3.63, 3.8) is 0 Å². The normalized spacial score (nSPS) is 18.1. The van der Waals surface area contributed by atoms with E-state index in [1.807, 2.05) is 55.5 Å². The monoisotopic (exact) mass is 395 g/mol. The smallest absolute Gasteiger partial charge is 0.225 e. The van der Waals surface area contributed by atoms with Crippen LogP contribution in [0.3, 0.4) is 0 Å². The Morgan fingerprint density at radius 2 is 2.11 bits per heavy atom. The van der Waals surface area contributed by atoms with Crippen molar-refractivity contribution in [2.75, 3.05) is 25.1 Å². The van der Waals surface area contributed by atoms with Gasteiger partial charge in [0.25, 0.3) is 0 Å². The predicted molar refractivity (Wildman–Crippen MR) is 114 cm³/mol. The number of nitrogens with one attached hydrogen (secondary N) is 1. The van der Waals surface area contributed by atoms with Crippen molar-refractivity contribution in [3.8, 4) is 5.75 Å². The number of methoxy groups -OCH3 is 1. The number of carbonyl (C=O) groups excluding carboxylic acids is 1. The number of rotatable bonds is 5. The average molecular weight is 396 g/mol. The van der Waals surface area contributed by atoms with E-state index >= 15 is 0 Å². The predicted octanol–water partition coefficient (Wildman–Crippen LogP) is 4.40. The molecule has 0 saturated carbocycles. The van der Waals surface area contributed by atoms with Crippen LogP contribution in [0.2, 0.25) is 0 Å². The number of amides is 1. The van der Waals surface area contributed by atoms with Gasteiger partial charge in [0.2, 0.25) is 5.91 Å². The number of hydrogen-bond acceptors (Lipinski definition) is 5. The Bertz CT molecular complexity index is 957. The van der Waals surface area contributed by atoms with E-state index in [0.717, 1.165) is 46.0 Å². The van der Waals surface area contributed by atoms with Gasteiger partial charge in [-0.1, -0.05) is 41.7 Å². The summed E-state index contributed by atoms with van der Waals surface area (Å²) in [6.45, 7) is 3.69. The Kier molecular flexibility index (Phi) is 5.48. The molecule has 5 nitrogen and oxygen atoms in total. The molecular weight excluding hydrogens is 370 g/mol. The fourth-order valence-electron chi connectivity index (χ4n) is 3.68. The average Bonchev–Trinajstić information content (AvgIpc) is 3.17. The van der Waals surface area contributed by atoms with Crippen LogP contribution in [-0.4, -0.2) is 31.1 Å². The zero-order valence-electron chi connectivity index (χ0n) is 16.2. The molecule has 1 saturated heterocycles. The molecule has 2 atom stereocenters. The maximum absolute atomic E-state index is 12.8. The Balaban J connectivity index is 1.44. The van der Waals surface area contributed by atoms with Gasteiger partial charge in [-0.05, 0) is 43.5 Å². The standard InChI is InChI=1S/C22H25N3O2S/c1-15(16-7-4-3-5-8-16)23-21(26)17-9-6-12-25(14-17)22-24-19-11-10-18(27-2)13-20(19)28-22/h3-5,7-8,10-11,13,15,17H,6,9,12,14H2,1-2H3,(H,23,26)/t15-,17-/m1/s1. The molecule has 1 aliphatic rings. The van der Waals surface area contributed by atoms with E-state index in [0.29, 0.717) is 6.54 Å². The lowest BCUT2D eigenvalue weighted by molar-refractivity contribution is -0.125. The summed E-state index contributed by atoms with van der Waals surface area (Å²) in [7, 11) is 1.67. The van der Waals surface area contributed by atoms with E-state index < -0.39 is 0 Å². The van der Waals surface area contributed by atoms with Crippen molar-refractivity contribution in [3.05, 3.63) is 54.1 Å². The number of carbonyl (C=O) groups is 1. The highest BCUT2D eigenvalue weighted by atomic mass is 32.1. The number of piperidine rings is 1. The van der Waals surface area contributed by atoms with E-state index in [1.54, 1.807) is 18.4 Å². The first-order valence-electron chi connectivity index (χ1n) is 9.69. The first-order chi connectivity index (χ1) is 13.6. The topological polar surface area (TPSA) is 54.5 Å². The van der Waals surface area contributed by atoms with E-state index in [2.05, 4.69) is 10.2 Å². The molecule has 0 aliphatic carbocycles. The molecule has 28 heavy (non-hydrogen) atoms. The van der Waals surface area contributed by atoms with Crippen LogP contribution >= 0.6 is 11.3 Å². The highest BCUT2D eigenvalue weighted by Crippen LogP contribution is 2.33. The lowest BCUT2D eigenvalue weighted by Crippen LogP contribution is -2.43. The molecule has 3 aromatic rings. The second-order valence-corrected chi connectivity index (χ2v) is 8.27. The third kappa shape index (κ3) is 3.97. The Morgan fingerprint density at radius 1 is 1.29 bits per heavy atom. The summed E-state index contributed by atoms with van der Waals surface area (Å²) in [5, 5.41) is 4.16. The number of nitrogens with zero attached hydrogens (tertiary/aromatic N) is 2. The van der Waals surface area contributed by atoms with Crippen molar-refractivity contribution in [1.82, 2.24) is 10.3 Å². The highest BCUT2D eigenvalue weighted by Gasteiger charge is 2.28. The highest BCUT2D eigenvalue weighted by molar-refractivity contribution is 7.22. The molecule has 146 valence electrons. The van der Waals surface area contributed by atoms with Crippen molar-refractivity contribution < 1.29 is 9.53 Å². The van der Waals surface area contributed by atoms with Gasteiger partial charge < -0.3 is 15.0 Å². The molecular formula is C22H25N3O2S. The van der Waals surface area contributed by atoms with Gasteiger partial charge in [-0.3, -0.25) is 4.79 Å². The molecule has 1 aromatic heterocycles. The first kappa shape index (κ1) is 18.7. The molecule has 6 heteroatoms. The van der Waals surface area contributed by atoms with Gasteiger partial charge >= 0.3 is 0 Å². The number of thiazole rings is 1. The molecule has 1 fully saturated rings. The van der Waals surface area contributed by atoms with Gasteiger partial charge in [0.15, 0.2) is 5.13 Å². The van der Waals surface area contributed by atoms with E-state index in [-0.39, 0.29) is 17.9 Å². The summed E-state index contributed by atoms with van der Waals surface area (Å²) in [6, 6.07) is 16.1. The second kappa shape index (κ2) is 8.19. The van der Waals surface area contributed by atoms with Crippen LogP contribution in [0.4, 0.5) is 5.13 Å². The zero-order valence-corrected chi connectivity index (χ0v) is 17.0. The largest absolute Gasteiger partial charge is 0.497 e. The van der Waals surface area contributed by atoms with Crippen LogP contribution in [0, 0.1) is 5.92 Å². The molecule has 0 radical (unpaired) electrons. The minimum absolute atomic E-state index is 0.0125. The number of benzene rings is 2. The lowest BCUT2D eigenvalue weighted by atomic mass is 9.96. The maximum atomic E-state index is 12.8. The molecule has 2 aromatic carbocycles. The van der Waals surface area contributed by atoms with E-state index in [4.69, 9.17) is 9.72 Å². The molecule has 0 spiro atoms. The van der Waals surface area contributed by atoms with Crippen LogP contribution in [0.15, 0.2) is 48.5 Å². The fraction of sp³-hybridized carbons (Fsp3) is 0.364. The van der Waals surface area contributed by atoms with Gasteiger partial charge in [-0.25, -0.2) is 4.98 Å². The summed E-state index contributed by atoms with van der Waals surface area (Å²) in [4.78, 5) is 19.9. The van der Waals surface area contributed by atoms with E-state index in [1.165, 1.54) is 0 Å². The number of anilines is 1. The Hall–Kier alpha value is -2.60. The van der Waals surface area contributed by atoms with Gasteiger partial charge in [0.1, 0.15) is 5.75 Å². The number of hydrogen-bond donors (Lipinski definition) is 1. The Labute approximate surface area is 169 Å². The zero-order chi connectivity index (χ0) is 19.5. The molecule has 4 rings (SSSR count). The fourth-order valence-corrected chi connectivity index (χ4v) is 4.71. The molecule has 1 aliphatic heterocycles. The third-order valence-electron chi connectivity index (χ3n) is 5.31. The minimum Gasteiger partial charge on any atom is -0.497 e. The number of fused-ring (bicyclic) bond motifs is 1. The number of aromatic nitrogens is 1. The first-order valence-corrected chi connectivity index (χ1v) is 10.5. The molecule has 1 amide bonds. The van der Waals surface area contributed by atoms with Crippen LogP contribution in [0.5, 0.6) is 5.75 Å². The van der Waals surface area contributed by atoms with Crippen LogP contribution in [-0.2, 0) is 4.79 Å². The minimum atomic E-state index is -0.0125. The van der Waals surface area contributed by atoms with Crippen molar-refractivity contribution in [2.45, 2.75) is 25.8 Å². The summed E-state index contributed by atoms with van der Waals surface area (Å²) in [5.74, 6) is 0.957. The van der Waals surface area contributed by atoms with Crippen molar-refractivity contribution >= 4 is 32.6 Å². The van der Waals surface area contributed by atoms with E-state index in [9.17, 15) is 4.79 Å². The van der Waals surface area contributed by atoms with Crippen LogP contribution < -0.4 is 15.0 Å².